The predicted octanol–water partition coefficient (Wildman–Crippen LogP) is 2.97. The van der Waals surface area contributed by atoms with Gasteiger partial charge in [-0.05, 0) is 31.0 Å². The lowest BCUT2D eigenvalue weighted by atomic mass is 10.1. The van der Waals surface area contributed by atoms with Crippen molar-refractivity contribution in [3.8, 4) is 5.75 Å². The van der Waals surface area contributed by atoms with Gasteiger partial charge in [-0.1, -0.05) is 31.4 Å². The van der Waals surface area contributed by atoms with Crippen molar-refractivity contribution in [2.24, 2.45) is 11.7 Å². The van der Waals surface area contributed by atoms with Crippen molar-refractivity contribution < 1.29 is 17.9 Å². The van der Waals surface area contributed by atoms with Crippen LogP contribution in [0.25, 0.3) is 0 Å². The molecule has 0 bridgehead atoms. The summed E-state index contributed by atoms with van der Waals surface area (Å²) in [7, 11) is -3.77. The van der Waals surface area contributed by atoms with Crippen LogP contribution in [0.2, 0.25) is 5.02 Å². The largest absolute Gasteiger partial charge is 0.492 e. The monoisotopic (exact) mass is 426 g/mol. The maximum absolute atomic E-state index is 12.8. The number of benzene rings is 1. The summed E-state index contributed by atoms with van der Waals surface area (Å²) >= 11 is 6.01. The van der Waals surface area contributed by atoms with Crippen LogP contribution >= 0.6 is 24.0 Å². The Kier molecular flexibility index (Phi) is 10.2. The molecule has 0 radical (unpaired) electrons. The van der Waals surface area contributed by atoms with Crippen molar-refractivity contribution in [1.82, 2.24) is 4.72 Å². The lowest BCUT2D eigenvalue weighted by Gasteiger charge is -2.19. The topological polar surface area (TPSA) is 90.7 Å². The Balaban J connectivity index is 0.00000338. The van der Waals surface area contributed by atoms with Gasteiger partial charge in [0.05, 0.1) is 13.2 Å². The van der Waals surface area contributed by atoms with Crippen LogP contribution in [0.15, 0.2) is 23.1 Å². The molecule has 150 valence electrons. The molecule has 2 rings (SSSR count). The molecule has 1 saturated heterocycles. The summed E-state index contributed by atoms with van der Waals surface area (Å²) in [6.07, 6.45) is 3.50. The number of sulfonamides is 1. The van der Waals surface area contributed by atoms with Crippen molar-refractivity contribution >= 4 is 34.0 Å². The lowest BCUT2D eigenvalue weighted by molar-refractivity contribution is 0.166. The summed E-state index contributed by atoms with van der Waals surface area (Å²) in [5, 5.41) is 0.342. The number of nitrogens with one attached hydrogen (secondary N) is 1. The van der Waals surface area contributed by atoms with Crippen molar-refractivity contribution in [2.45, 2.75) is 43.5 Å². The summed E-state index contributed by atoms with van der Waals surface area (Å²) in [6, 6.07) is 4.33. The minimum atomic E-state index is -3.77. The lowest BCUT2D eigenvalue weighted by Crippen LogP contribution is -2.40. The van der Waals surface area contributed by atoms with Crippen LogP contribution in [0, 0.1) is 5.92 Å². The maximum atomic E-state index is 12.8. The number of hydrogen-bond acceptors (Lipinski definition) is 5. The molecule has 9 heteroatoms. The first-order valence-corrected chi connectivity index (χ1v) is 10.5. The van der Waals surface area contributed by atoms with E-state index in [0.29, 0.717) is 30.4 Å². The van der Waals surface area contributed by atoms with Crippen molar-refractivity contribution in [3.05, 3.63) is 23.2 Å². The van der Waals surface area contributed by atoms with Gasteiger partial charge in [-0.3, -0.25) is 0 Å². The number of nitrogens with two attached hydrogens (primary N) is 1. The van der Waals surface area contributed by atoms with Crippen LogP contribution in [-0.4, -0.2) is 40.8 Å². The Bertz CT molecular complexity index is 652. The summed E-state index contributed by atoms with van der Waals surface area (Å²) in [6.45, 7) is 4.07. The van der Waals surface area contributed by atoms with Gasteiger partial charge in [0.15, 0.2) is 0 Å². The molecule has 1 fully saturated rings. The smallest absolute Gasteiger partial charge is 0.244 e. The average molecular weight is 427 g/mol. The number of rotatable bonds is 10. The highest BCUT2D eigenvalue weighted by atomic mass is 35.5. The highest BCUT2D eigenvalue weighted by Crippen LogP contribution is 2.28. The second-order valence-corrected chi connectivity index (χ2v) is 8.45. The normalized spacial score (nSPS) is 18.3. The van der Waals surface area contributed by atoms with Crippen LogP contribution in [0.4, 0.5) is 0 Å². The fraction of sp³-hybridized carbons (Fsp3) is 0.647. The second kappa shape index (κ2) is 11.3. The molecule has 2 atom stereocenters. The van der Waals surface area contributed by atoms with Gasteiger partial charge in [0.1, 0.15) is 10.6 Å². The van der Waals surface area contributed by atoms with E-state index < -0.39 is 10.0 Å². The molecule has 1 aliphatic heterocycles. The van der Waals surface area contributed by atoms with E-state index in [0.717, 1.165) is 25.9 Å². The van der Waals surface area contributed by atoms with Gasteiger partial charge in [-0.2, -0.15) is 0 Å². The predicted molar refractivity (Wildman–Crippen MR) is 106 cm³/mol. The molecule has 2 unspecified atom stereocenters. The number of unbranched alkanes of at least 4 members (excludes halogenated alkanes) is 1. The third kappa shape index (κ3) is 6.87. The molecule has 1 aromatic carbocycles. The molecule has 1 aliphatic rings. The van der Waals surface area contributed by atoms with Crippen LogP contribution in [0.1, 0.15) is 32.6 Å². The maximum Gasteiger partial charge on any atom is 0.244 e. The van der Waals surface area contributed by atoms with Gasteiger partial charge >= 0.3 is 0 Å². The zero-order valence-corrected chi connectivity index (χ0v) is 17.3. The summed E-state index contributed by atoms with van der Waals surface area (Å²) < 4.78 is 39.4. The van der Waals surface area contributed by atoms with Gasteiger partial charge in [-0.15, -0.1) is 12.4 Å². The van der Waals surface area contributed by atoms with Gasteiger partial charge in [0.2, 0.25) is 10.0 Å². The highest BCUT2D eigenvalue weighted by molar-refractivity contribution is 7.89. The van der Waals surface area contributed by atoms with Gasteiger partial charge < -0.3 is 15.2 Å². The van der Waals surface area contributed by atoms with E-state index in [4.69, 9.17) is 26.8 Å². The fourth-order valence-electron chi connectivity index (χ4n) is 2.69. The molecule has 1 aromatic rings. The Morgan fingerprint density at radius 2 is 2.23 bits per heavy atom. The third-order valence-electron chi connectivity index (χ3n) is 4.21. The number of hydrogen-bond donors (Lipinski definition) is 2. The standard InChI is InChI=1S/C17H27ClN2O4S.ClH/c1-2-3-4-15(10-19)20-25(21,22)17-9-14(18)5-6-16(17)24-12-13-7-8-23-11-13;/h5-6,9,13,15,20H,2-4,7-8,10-12,19H2,1H3;1H. The summed E-state index contributed by atoms with van der Waals surface area (Å²) in [5.41, 5.74) is 5.71. The van der Waals surface area contributed by atoms with E-state index in [-0.39, 0.29) is 35.8 Å². The van der Waals surface area contributed by atoms with Crippen molar-refractivity contribution in [3.63, 3.8) is 0 Å². The molecule has 1 heterocycles. The number of halogens is 2. The van der Waals surface area contributed by atoms with E-state index in [2.05, 4.69) is 11.6 Å². The third-order valence-corrected chi connectivity index (χ3v) is 5.98. The minimum Gasteiger partial charge on any atom is -0.492 e. The quantitative estimate of drug-likeness (QED) is 0.599. The van der Waals surface area contributed by atoms with Gasteiger partial charge in [0.25, 0.3) is 0 Å². The molecular weight excluding hydrogens is 399 g/mol. The van der Waals surface area contributed by atoms with E-state index in [1.54, 1.807) is 12.1 Å². The first-order valence-electron chi connectivity index (χ1n) is 8.68. The van der Waals surface area contributed by atoms with Crippen molar-refractivity contribution in [2.75, 3.05) is 26.4 Å². The first kappa shape index (κ1) is 23.5. The fourth-order valence-corrected chi connectivity index (χ4v) is 4.38. The molecule has 0 saturated carbocycles. The van der Waals surface area contributed by atoms with E-state index in [1.165, 1.54) is 6.07 Å². The van der Waals surface area contributed by atoms with Gasteiger partial charge in [-0.25, -0.2) is 13.1 Å². The zero-order valence-electron chi connectivity index (χ0n) is 14.9. The van der Waals surface area contributed by atoms with Crippen LogP contribution in [-0.2, 0) is 14.8 Å². The summed E-state index contributed by atoms with van der Waals surface area (Å²) in [5.74, 6) is 0.579. The molecule has 0 aromatic heterocycles. The molecule has 0 spiro atoms. The minimum absolute atomic E-state index is 0. The van der Waals surface area contributed by atoms with Crippen LogP contribution in [0.5, 0.6) is 5.75 Å². The first-order chi connectivity index (χ1) is 12.0. The van der Waals surface area contributed by atoms with Crippen LogP contribution < -0.4 is 15.2 Å². The number of ether oxygens (including phenoxy) is 2. The zero-order chi connectivity index (χ0) is 18.3. The Morgan fingerprint density at radius 3 is 2.85 bits per heavy atom. The summed E-state index contributed by atoms with van der Waals surface area (Å²) in [4.78, 5) is 0.0499. The molecule has 3 N–H and O–H groups in total. The average Bonchev–Trinajstić information content (AvgIpc) is 3.11. The molecule has 26 heavy (non-hydrogen) atoms. The van der Waals surface area contributed by atoms with E-state index in [1.807, 2.05) is 0 Å². The SMILES string of the molecule is CCCCC(CN)NS(=O)(=O)c1cc(Cl)ccc1OCC1CCOC1.Cl. The highest BCUT2D eigenvalue weighted by Gasteiger charge is 2.25. The molecular formula is C17H28Cl2N2O4S. The van der Waals surface area contributed by atoms with E-state index in [9.17, 15) is 8.42 Å². The molecule has 0 aliphatic carbocycles. The van der Waals surface area contributed by atoms with Gasteiger partial charge in [0, 0.05) is 30.1 Å². The van der Waals surface area contributed by atoms with Crippen LogP contribution in [0.3, 0.4) is 0 Å². The Morgan fingerprint density at radius 1 is 1.46 bits per heavy atom. The molecule has 6 nitrogen and oxygen atoms in total. The molecule has 0 amide bonds. The van der Waals surface area contributed by atoms with Crippen molar-refractivity contribution in [1.29, 1.82) is 0 Å². The Hall–Kier alpha value is -0.570. The Labute approximate surface area is 167 Å². The van der Waals surface area contributed by atoms with E-state index >= 15 is 0 Å². The second-order valence-electron chi connectivity index (χ2n) is 6.33.